The van der Waals surface area contributed by atoms with Gasteiger partial charge in [0.05, 0.1) is 12.2 Å². The molecule has 0 spiro atoms. The fourth-order valence-electron chi connectivity index (χ4n) is 1.84. The summed E-state index contributed by atoms with van der Waals surface area (Å²) < 4.78 is 6.77. The Morgan fingerprint density at radius 2 is 2.20 bits per heavy atom. The van der Waals surface area contributed by atoms with E-state index in [1.807, 2.05) is 19.9 Å². The molecule has 2 rings (SSSR count). The van der Waals surface area contributed by atoms with E-state index in [2.05, 4.69) is 15.2 Å². The van der Waals surface area contributed by atoms with Gasteiger partial charge in [0.1, 0.15) is 18.7 Å². The summed E-state index contributed by atoms with van der Waals surface area (Å²) in [6.45, 7) is 6.26. The fraction of sp³-hybridized carbons (Fsp3) is 0.538. The molecule has 7 heteroatoms. The number of aromatic nitrogens is 4. The number of carbonyl (C=O) groups is 1. The summed E-state index contributed by atoms with van der Waals surface area (Å²) in [6.07, 6.45) is 2.94. The molecule has 0 fully saturated rings. The van der Waals surface area contributed by atoms with Crippen molar-refractivity contribution in [1.29, 1.82) is 0 Å². The topological polar surface area (TPSA) is 77.0 Å². The number of carbonyl (C=O) groups excluding carboxylic acids is 1. The van der Waals surface area contributed by atoms with Crippen molar-refractivity contribution in [1.82, 2.24) is 24.8 Å². The van der Waals surface area contributed by atoms with E-state index in [4.69, 9.17) is 4.52 Å². The molecule has 0 aliphatic carbocycles. The van der Waals surface area contributed by atoms with Crippen LogP contribution in [-0.2, 0) is 11.3 Å². The lowest BCUT2D eigenvalue weighted by molar-refractivity contribution is -0.134. The van der Waals surface area contributed by atoms with Gasteiger partial charge in [-0.3, -0.25) is 4.79 Å². The molecule has 0 saturated heterocycles. The smallest absolute Gasteiger partial charge is 0.247 e. The molecule has 1 amide bonds. The second-order valence-corrected chi connectivity index (χ2v) is 5.12. The highest BCUT2D eigenvalue weighted by molar-refractivity contribution is 5.79. The van der Waals surface area contributed by atoms with Crippen molar-refractivity contribution in [3.8, 4) is 0 Å². The average Bonchev–Trinajstić information content (AvgIpc) is 3.07. The first-order valence-electron chi connectivity index (χ1n) is 6.53. The first kappa shape index (κ1) is 14.2. The van der Waals surface area contributed by atoms with Crippen LogP contribution in [0.2, 0.25) is 0 Å². The summed E-state index contributed by atoms with van der Waals surface area (Å²) in [7, 11) is 1.73. The molecule has 0 aliphatic rings. The molecule has 2 aromatic rings. The van der Waals surface area contributed by atoms with Crippen LogP contribution in [-0.4, -0.2) is 37.8 Å². The third-order valence-electron chi connectivity index (χ3n) is 3.13. The van der Waals surface area contributed by atoms with E-state index in [1.54, 1.807) is 18.9 Å². The standard InChI is InChI=1S/C13H19N5O2/c1-9(2)12-5-11(20-16-12)6-17(4)13(19)10(3)18-8-14-7-15-18/h5,7-10H,6H2,1-4H3/t10-/m0/s1. The summed E-state index contributed by atoms with van der Waals surface area (Å²) in [5.41, 5.74) is 0.894. The van der Waals surface area contributed by atoms with E-state index in [0.29, 0.717) is 18.2 Å². The Morgan fingerprint density at radius 1 is 1.45 bits per heavy atom. The van der Waals surface area contributed by atoms with Gasteiger partial charge in [0.2, 0.25) is 5.91 Å². The molecular formula is C13H19N5O2. The first-order chi connectivity index (χ1) is 9.49. The lowest BCUT2D eigenvalue weighted by atomic mass is 10.1. The Morgan fingerprint density at radius 3 is 2.75 bits per heavy atom. The number of amides is 1. The Bertz CT molecular complexity index is 561. The average molecular weight is 277 g/mol. The number of hydrogen-bond donors (Lipinski definition) is 0. The van der Waals surface area contributed by atoms with Crippen LogP contribution in [0.25, 0.3) is 0 Å². The molecule has 1 atom stereocenters. The molecule has 0 N–H and O–H groups in total. The second-order valence-electron chi connectivity index (χ2n) is 5.12. The van der Waals surface area contributed by atoms with E-state index >= 15 is 0 Å². The van der Waals surface area contributed by atoms with Gasteiger partial charge in [0.15, 0.2) is 5.76 Å². The second kappa shape index (κ2) is 5.85. The maximum Gasteiger partial charge on any atom is 0.247 e. The molecular weight excluding hydrogens is 258 g/mol. The van der Waals surface area contributed by atoms with Crippen molar-refractivity contribution < 1.29 is 9.32 Å². The number of likely N-dealkylation sites (N-methyl/N-ethyl adjacent to an activating group) is 1. The largest absolute Gasteiger partial charge is 0.359 e. The van der Waals surface area contributed by atoms with Crippen LogP contribution >= 0.6 is 0 Å². The van der Waals surface area contributed by atoms with Crippen LogP contribution in [0.3, 0.4) is 0 Å². The highest BCUT2D eigenvalue weighted by Crippen LogP contribution is 2.16. The zero-order valence-electron chi connectivity index (χ0n) is 12.1. The van der Waals surface area contributed by atoms with Gasteiger partial charge in [0, 0.05) is 13.1 Å². The van der Waals surface area contributed by atoms with Crippen molar-refractivity contribution in [2.24, 2.45) is 0 Å². The summed E-state index contributed by atoms with van der Waals surface area (Å²) in [4.78, 5) is 17.7. The predicted molar refractivity (Wildman–Crippen MR) is 71.8 cm³/mol. The van der Waals surface area contributed by atoms with Crippen molar-refractivity contribution in [3.05, 3.63) is 30.2 Å². The monoisotopic (exact) mass is 277 g/mol. The molecule has 0 saturated carbocycles. The van der Waals surface area contributed by atoms with Gasteiger partial charge in [-0.05, 0) is 12.8 Å². The van der Waals surface area contributed by atoms with Crippen LogP contribution in [0.5, 0.6) is 0 Å². The fourth-order valence-corrected chi connectivity index (χ4v) is 1.84. The molecule has 0 aliphatic heterocycles. The minimum Gasteiger partial charge on any atom is -0.359 e. The maximum absolute atomic E-state index is 12.3. The van der Waals surface area contributed by atoms with Crippen molar-refractivity contribution in [2.45, 2.75) is 39.3 Å². The lowest BCUT2D eigenvalue weighted by Gasteiger charge is -2.19. The summed E-state index contributed by atoms with van der Waals surface area (Å²) in [5, 5.41) is 7.96. The van der Waals surface area contributed by atoms with Gasteiger partial charge >= 0.3 is 0 Å². The molecule has 20 heavy (non-hydrogen) atoms. The van der Waals surface area contributed by atoms with Gasteiger partial charge in [-0.2, -0.15) is 5.10 Å². The number of rotatable bonds is 5. The predicted octanol–water partition coefficient (Wildman–Crippen LogP) is 1.61. The summed E-state index contributed by atoms with van der Waals surface area (Å²) in [6, 6.07) is 1.49. The van der Waals surface area contributed by atoms with Gasteiger partial charge in [-0.15, -0.1) is 0 Å². The molecule has 0 radical (unpaired) electrons. The van der Waals surface area contributed by atoms with Crippen LogP contribution in [0, 0.1) is 0 Å². The molecule has 2 aromatic heterocycles. The normalized spacial score (nSPS) is 12.7. The van der Waals surface area contributed by atoms with Crippen LogP contribution < -0.4 is 0 Å². The van der Waals surface area contributed by atoms with E-state index in [0.717, 1.165) is 5.69 Å². The summed E-state index contributed by atoms with van der Waals surface area (Å²) in [5.74, 6) is 0.927. The molecule has 0 bridgehead atoms. The van der Waals surface area contributed by atoms with Crippen molar-refractivity contribution in [3.63, 3.8) is 0 Å². The van der Waals surface area contributed by atoms with Gasteiger partial charge in [-0.25, -0.2) is 9.67 Å². The minimum atomic E-state index is -0.394. The third-order valence-corrected chi connectivity index (χ3v) is 3.13. The molecule has 0 aromatic carbocycles. The molecule has 108 valence electrons. The van der Waals surface area contributed by atoms with Gasteiger partial charge in [-0.1, -0.05) is 19.0 Å². The quantitative estimate of drug-likeness (QED) is 0.829. The van der Waals surface area contributed by atoms with Crippen molar-refractivity contribution in [2.75, 3.05) is 7.05 Å². The Balaban J connectivity index is 2.00. The van der Waals surface area contributed by atoms with Gasteiger partial charge in [0.25, 0.3) is 0 Å². The Labute approximate surface area is 117 Å². The molecule has 0 unspecified atom stereocenters. The number of hydrogen-bond acceptors (Lipinski definition) is 5. The zero-order chi connectivity index (χ0) is 14.7. The zero-order valence-corrected chi connectivity index (χ0v) is 12.1. The molecule has 2 heterocycles. The van der Waals surface area contributed by atoms with Crippen LogP contribution in [0.15, 0.2) is 23.2 Å². The Hall–Kier alpha value is -2.18. The molecule has 7 nitrogen and oxygen atoms in total. The minimum absolute atomic E-state index is 0.0574. The number of nitrogens with zero attached hydrogens (tertiary/aromatic N) is 5. The highest BCUT2D eigenvalue weighted by atomic mass is 16.5. The van der Waals surface area contributed by atoms with Crippen LogP contribution in [0.1, 0.15) is 44.2 Å². The van der Waals surface area contributed by atoms with Crippen molar-refractivity contribution >= 4 is 5.91 Å². The van der Waals surface area contributed by atoms with E-state index in [-0.39, 0.29) is 5.91 Å². The third kappa shape index (κ3) is 3.04. The summed E-state index contributed by atoms with van der Waals surface area (Å²) >= 11 is 0. The maximum atomic E-state index is 12.3. The lowest BCUT2D eigenvalue weighted by Crippen LogP contribution is -2.32. The first-order valence-corrected chi connectivity index (χ1v) is 6.53. The van der Waals surface area contributed by atoms with E-state index in [9.17, 15) is 4.79 Å². The van der Waals surface area contributed by atoms with Gasteiger partial charge < -0.3 is 9.42 Å². The van der Waals surface area contributed by atoms with E-state index in [1.165, 1.54) is 17.3 Å². The SMILES string of the molecule is CC(C)c1cc(CN(C)C(=O)[C@H](C)n2cncn2)on1. The highest BCUT2D eigenvalue weighted by Gasteiger charge is 2.21. The van der Waals surface area contributed by atoms with Crippen LogP contribution in [0.4, 0.5) is 0 Å². The van der Waals surface area contributed by atoms with E-state index < -0.39 is 6.04 Å². The Kier molecular flexibility index (Phi) is 4.16.